The molecular formula is C18H20FNO3S. The molecule has 0 bridgehead atoms. The first-order chi connectivity index (χ1) is 11.4. The Bertz CT molecular complexity index is 830. The molecule has 6 heteroatoms. The third-order valence-electron chi connectivity index (χ3n) is 4.35. The highest BCUT2D eigenvalue weighted by atomic mass is 32.2. The van der Waals surface area contributed by atoms with E-state index in [0.717, 1.165) is 5.56 Å². The van der Waals surface area contributed by atoms with Crippen molar-refractivity contribution in [1.82, 2.24) is 4.72 Å². The predicted octanol–water partition coefficient (Wildman–Crippen LogP) is 3.12. The van der Waals surface area contributed by atoms with E-state index in [0.29, 0.717) is 31.6 Å². The summed E-state index contributed by atoms with van der Waals surface area (Å²) in [7, 11) is -3.73. The van der Waals surface area contributed by atoms with Crippen molar-refractivity contribution >= 4 is 10.0 Å². The van der Waals surface area contributed by atoms with Gasteiger partial charge in [-0.1, -0.05) is 24.3 Å². The van der Waals surface area contributed by atoms with Crippen LogP contribution < -0.4 is 4.72 Å². The van der Waals surface area contributed by atoms with Gasteiger partial charge in [-0.15, -0.1) is 0 Å². The highest BCUT2D eigenvalue weighted by molar-refractivity contribution is 7.89. The number of halogens is 1. The molecule has 3 rings (SSSR count). The topological polar surface area (TPSA) is 55.4 Å². The van der Waals surface area contributed by atoms with Crippen LogP contribution in [-0.4, -0.2) is 21.6 Å². The first kappa shape index (κ1) is 17.1. The van der Waals surface area contributed by atoms with Gasteiger partial charge >= 0.3 is 0 Å². The average Bonchev–Trinajstić information content (AvgIpc) is 2.55. The minimum atomic E-state index is -3.73. The average molecular weight is 349 g/mol. The summed E-state index contributed by atoms with van der Waals surface area (Å²) in [6.45, 7) is 2.69. The van der Waals surface area contributed by atoms with Crippen molar-refractivity contribution in [3.8, 4) is 0 Å². The van der Waals surface area contributed by atoms with Crippen molar-refractivity contribution in [3.05, 3.63) is 65.5 Å². The van der Waals surface area contributed by atoms with Crippen molar-refractivity contribution < 1.29 is 17.5 Å². The molecule has 1 N–H and O–H groups in total. The zero-order valence-electron chi connectivity index (χ0n) is 13.5. The lowest BCUT2D eigenvalue weighted by Crippen LogP contribution is -2.49. The maximum Gasteiger partial charge on any atom is 0.241 e. The fraction of sp³-hybridized carbons (Fsp3) is 0.333. The van der Waals surface area contributed by atoms with Crippen LogP contribution in [-0.2, 0) is 20.3 Å². The van der Waals surface area contributed by atoms with Crippen molar-refractivity contribution in [2.24, 2.45) is 0 Å². The summed E-state index contributed by atoms with van der Waals surface area (Å²) >= 11 is 0. The Balaban J connectivity index is 2.01. The van der Waals surface area contributed by atoms with Gasteiger partial charge in [0.15, 0.2) is 0 Å². The Kier molecular flexibility index (Phi) is 4.71. The molecule has 0 aliphatic carbocycles. The van der Waals surface area contributed by atoms with Gasteiger partial charge in [-0.05, 0) is 55.2 Å². The number of sulfonamides is 1. The zero-order valence-corrected chi connectivity index (χ0v) is 14.3. The lowest BCUT2D eigenvalue weighted by atomic mass is 9.84. The number of hydrogen-bond donors (Lipinski definition) is 1. The number of aryl methyl sites for hydroxylation is 1. The zero-order chi connectivity index (χ0) is 17.2. The Morgan fingerprint density at radius 3 is 2.46 bits per heavy atom. The minimum Gasteiger partial charge on any atom is -0.381 e. The van der Waals surface area contributed by atoms with Crippen molar-refractivity contribution in [3.63, 3.8) is 0 Å². The van der Waals surface area contributed by atoms with Gasteiger partial charge in [0.05, 0.1) is 10.4 Å². The molecule has 1 fully saturated rings. The molecular weight excluding hydrogens is 329 g/mol. The second-order valence-electron chi connectivity index (χ2n) is 6.13. The van der Waals surface area contributed by atoms with Crippen molar-refractivity contribution in [1.29, 1.82) is 0 Å². The van der Waals surface area contributed by atoms with E-state index < -0.39 is 15.6 Å². The van der Waals surface area contributed by atoms with Crippen LogP contribution in [0.15, 0.2) is 53.4 Å². The van der Waals surface area contributed by atoms with Gasteiger partial charge in [-0.25, -0.2) is 17.5 Å². The summed E-state index contributed by atoms with van der Waals surface area (Å²) in [5, 5.41) is 0. The normalized spacial score (nSPS) is 17.6. The van der Waals surface area contributed by atoms with Gasteiger partial charge < -0.3 is 4.74 Å². The summed E-state index contributed by atoms with van der Waals surface area (Å²) < 4.78 is 47.6. The van der Waals surface area contributed by atoms with Crippen LogP contribution in [0, 0.1) is 12.7 Å². The maximum atomic E-state index is 13.7. The molecule has 0 saturated carbocycles. The smallest absolute Gasteiger partial charge is 0.241 e. The number of benzene rings is 2. The van der Waals surface area contributed by atoms with Gasteiger partial charge in [-0.3, -0.25) is 0 Å². The summed E-state index contributed by atoms with van der Waals surface area (Å²) in [5.41, 5.74) is 0.634. The number of nitrogens with one attached hydrogen (secondary N) is 1. The Morgan fingerprint density at radius 2 is 1.79 bits per heavy atom. The van der Waals surface area contributed by atoms with E-state index in [9.17, 15) is 12.8 Å². The number of hydrogen-bond acceptors (Lipinski definition) is 3. The molecule has 1 saturated heterocycles. The molecule has 24 heavy (non-hydrogen) atoms. The van der Waals surface area contributed by atoms with Crippen LogP contribution in [0.3, 0.4) is 0 Å². The fourth-order valence-corrected chi connectivity index (χ4v) is 4.61. The molecule has 1 aliphatic heterocycles. The van der Waals surface area contributed by atoms with Crippen LogP contribution in [0.2, 0.25) is 0 Å². The second-order valence-corrected chi connectivity index (χ2v) is 7.81. The van der Waals surface area contributed by atoms with E-state index in [4.69, 9.17) is 4.74 Å². The first-order valence-electron chi connectivity index (χ1n) is 7.86. The Morgan fingerprint density at radius 1 is 1.08 bits per heavy atom. The molecule has 1 heterocycles. The highest BCUT2D eigenvalue weighted by Gasteiger charge is 2.38. The second kappa shape index (κ2) is 6.63. The third kappa shape index (κ3) is 3.50. The summed E-state index contributed by atoms with van der Waals surface area (Å²) in [6, 6.07) is 12.8. The van der Waals surface area contributed by atoms with Gasteiger partial charge in [-0.2, -0.15) is 0 Å². The van der Waals surface area contributed by atoms with Crippen LogP contribution in [0.5, 0.6) is 0 Å². The molecule has 1 aliphatic rings. The third-order valence-corrected chi connectivity index (χ3v) is 5.89. The SMILES string of the molecule is Cc1cccc(S(=O)(=O)NC2(c3cccc(F)c3)CCOCC2)c1. The Hall–Kier alpha value is -1.76. The molecule has 0 radical (unpaired) electrons. The van der Waals surface area contributed by atoms with Gasteiger partial charge in [0.1, 0.15) is 5.82 Å². The van der Waals surface area contributed by atoms with Crippen LogP contribution in [0.25, 0.3) is 0 Å². The molecule has 0 amide bonds. The predicted molar refractivity (Wildman–Crippen MR) is 89.6 cm³/mol. The van der Waals surface area contributed by atoms with Crippen LogP contribution in [0.4, 0.5) is 4.39 Å². The lowest BCUT2D eigenvalue weighted by molar-refractivity contribution is 0.0458. The maximum absolute atomic E-state index is 13.7. The van der Waals surface area contributed by atoms with Gasteiger partial charge in [0.2, 0.25) is 10.0 Å². The number of ether oxygens (including phenoxy) is 1. The van der Waals surface area contributed by atoms with Crippen molar-refractivity contribution in [2.45, 2.75) is 30.2 Å². The molecule has 2 aromatic rings. The fourth-order valence-electron chi connectivity index (χ4n) is 3.05. The molecule has 4 nitrogen and oxygen atoms in total. The van der Waals surface area contributed by atoms with E-state index in [1.807, 2.05) is 13.0 Å². The van der Waals surface area contributed by atoms with Crippen LogP contribution >= 0.6 is 0 Å². The molecule has 2 aromatic carbocycles. The quantitative estimate of drug-likeness (QED) is 0.923. The molecule has 0 unspecified atom stereocenters. The molecule has 0 atom stereocenters. The van der Waals surface area contributed by atoms with E-state index in [2.05, 4.69) is 4.72 Å². The highest BCUT2D eigenvalue weighted by Crippen LogP contribution is 2.34. The lowest BCUT2D eigenvalue weighted by Gasteiger charge is -2.38. The minimum absolute atomic E-state index is 0.213. The number of rotatable bonds is 4. The summed E-state index contributed by atoms with van der Waals surface area (Å²) in [6.07, 6.45) is 0.920. The van der Waals surface area contributed by atoms with E-state index in [-0.39, 0.29) is 10.7 Å². The van der Waals surface area contributed by atoms with Crippen molar-refractivity contribution in [2.75, 3.05) is 13.2 Å². The van der Waals surface area contributed by atoms with Crippen LogP contribution in [0.1, 0.15) is 24.0 Å². The molecule has 0 aromatic heterocycles. The largest absolute Gasteiger partial charge is 0.381 e. The summed E-state index contributed by atoms with van der Waals surface area (Å²) in [5.74, 6) is -0.381. The first-order valence-corrected chi connectivity index (χ1v) is 9.34. The molecule has 128 valence electrons. The standard InChI is InChI=1S/C18H20FNO3S/c1-14-4-2-7-17(12-14)24(21,22)20-18(8-10-23-11-9-18)15-5-3-6-16(19)13-15/h2-7,12-13,20H,8-11H2,1H3. The monoisotopic (exact) mass is 349 g/mol. The summed E-state index contributed by atoms with van der Waals surface area (Å²) in [4.78, 5) is 0.213. The Labute approximate surface area is 141 Å². The van der Waals surface area contributed by atoms with E-state index in [1.54, 1.807) is 30.3 Å². The van der Waals surface area contributed by atoms with E-state index in [1.165, 1.54) is 12.1 Å². The van der Waals surface area contributed by atoms with E-state index >= 15 is 0 Å². The molecule has 0 spiro atoms. The van der Waals surface area contributed by atoms with Gasteiger partial charge in [0.25, 0.3) is 0 Å². The van der Waals surface area contributed by atoms with Gasteiger partial charge in [0, 0.05) is 13.2 Å².